The summed E-state index contributed by atoms with van der Waals surface area (Å²) in [6, 6.07) is 8.53. The maximum absolute atomic E-state index is 12.4. The number of rotatable bonds is 6. The van der Waals surface area contributed by atoms with Crippen LogP contribution in [0.3, 0.4) is 0 Å². The predicted molar refractivity (Wildman–Crippen MR) is 104 cm³/mol. The van der Waals surface area contributed by atoms with Gasteiger partial charge in [-0.3, -0.25) is 9.69 Å². The average Bonchev–Trinajstić information content (AvgIpc) is 2.68. The van der Waals surface area contributed by atoms with E-state index in [2.05, 4.69) is 22.3 Å². The summed E-state index contributed by atoms with van der Waals surface area (Å²) in [5.41, 5.74) is 7.33. The van der Waals surface area contributed by atoms with Gasteiger partial charge in [0.2, 0.25) is 5.91 Å². The van der Waals surface area contributed by atoms with Gasteiger partial charge in [-0.05, 0) is 68.8 Å². The zero-order chi connectivity index (χ0) is 18.4. The molecule has 2 atom stereocenters. The molecule has 5 heteroatoms. The van der Waals surface area contributed by atoms with Gasteiger partial charge in [-0.15, -0.1) is 0 Å². The lowest BCUT2D eigenvalue weighted by Crippen LogP contribution is -2.42. The molecule has 1 amide bonds. The van der Waals surface area contributed by atoms with E-state index in [9.17, 15) is 4.79 Å². The maximum Gasteiger partial charge on any atom is 0.223 e. The standard InChI is InChI=1S/C21H33N3O2/c1-26-20-7-5-17(6-8-20)15-24-11-9-16(10-12-24)14-23-21(25)18-3-2-4-19(22)13-18/h5-8,16,18-19H,2-4,9-15,22H2,1H3,(H,23,25). The summed E-state index contributed by atoms with van der Waals surface area (Å²) in [6.45, 7) is 4.01. The minimum atomic E-state index is 0.133. The predicted octanol–water partition coefficient (Wildman–Crippen LogP) is 2.54. The van der Waals surface area contributed by atoms with E-state index in [1.807, 2.05) is 12.1 Å². The normalized spacial score (nSPS) is 25.0. The Labute approximate surface area is 157 Å². The number of carbonyl (C=O) groups is 1. The van der Waals surface area contributed by atoms with Gasteiger partial charge >= 0.3 is 0 Å². The molecule has 0 spiro atoms. The molecule has 1 saturated heterocycles. The molecule has 1 aliphatic heterocycles. The highest BCUT2D eigenvalue weighted by molar-refractivity contribution is 5.78. The van der Waals surface area contributed by atoms with E-state index in [0.717, 1.165) is 70.5 Å². The number of methoxy groups -OCH3 is 1. The minimum Gasteiger partial charge on any atom is -0.497 e. The molecule has 3 rings (SSSR count). The molecule has 1 heterocycles. The van der Waals surface area contributed by atoms with Gasteiger partial charge < -0.3 is 15.8 Å². The summed E-state index contributed by atoms with van der Waals surface area (Å²) in [5, 5.41) is 3.19. The summed E-state index contributed by atoms with van der Waals surface area (Å²) >= 11 is 0. The molecule has 0 aromatic heterocycles. The van der Waals surface area contributed by atoms with E-state index in [-0.39, 0.29) is 17.9 Å². The minimum absolute atomic E-state index is 0.133. The summed E-state index contributed by atoms with van der Waals surface area (Å²) in [7, 11) is 1.70. The summed E-state index contributed by atoms with van der Waals surface area (Å²) in [6.07, 6.45) is 6.31. The molecule has 144 valence electrons. The molecule has 2 aliphatic rings. The fraction of sp³-hybridized carbons (Fsp3) is 0.667. The van der Waals surface area contributed by atoms with Crippen LogP contribution in [0.2, 0.25) is 0 Å². The van der Waals surface area contributed by atoms with Crippen molar-refractivity contribution in [2.75, 3.05) is 26.7 Å². The fourth-order valence-electron chi connectivity index (χ4n) is 4.19. The Morgan fingerprint density at radius 3 is 2.58 bits per heavy atom. The first kappa shape index (κ1) is 19.2. The highest BCUT2D eigenvalue weighted by Crippen LogP contribution is 2.24. The third-order valence-corrected chi connectivity index (χ3v) is 5.92. The molecule has 2 unspecified atom stereocenters. The Hall–Kier alpha value is -1.59. The number of ether oxygens (including phenoxy) is 1. The molecule has 5 nitrogen and oxygen atoms in total. The van der Waals surface area contributed by atoms with Crippen LogP contribution < -0.4 is 15.8 Å². The zero-order valence-corrected chi connectivity index (χ0v) is 16.0. The quantitative estimate of drug-likeness (QED) is 0.819. The van der Waals surface area contributed by atoms with E-state index in [1.165, 1.54) is 5.56 Å². The fourth-order valence-corrected chi connectivity index (χ4v) is 4.19. The van der Waals surface area contributed by atoms with Crippen molar-refractivity contribution in [1.82, 2.24) is 10.2 Å². The molecular formula is C21H33N3O2. The Bertz CT molecular complexity index is 567. The van der Waals surface area contributed by atoms with Crippen molar-refractivity contribution in [1.29, 1.82) is 0 Å². The maximum atomic E-state index is 12.4. The lowest BCUT2D eigenvalue weighted by Gasteiger charge is -2.32. The van der Waals surface area contributed by atoms with Crippen LogP contribution >= 0.6 is 0 Å². The Kier molecular flexibility index (Phi) is 6.92. The number of carbonyl (C=O) groups excluding carboxylic acids is 1. The molecule has 1 aliphatic carbocycles. The molecule has 0 bridgehead atoms. The smallest absolute Gasteiger partial charge is 0.223 e. The number of piperidine rings is 1. The van der Waals surface area contributed by atoms with Crippen molar-refractivity contribution in [3.63, 3.8) is 0 Å². The van der Waals surface area contributed by atoms with Crippen LogP contribution in [0.25, 0.3) is 0 Å². The number of likely N-dealkylation sites (tertiary alicyclic amines) is 1. The van der Waals surface area contributed by atoms with Gasteiger partial charge in [-0.1, -0.05) is 18.6 Å². The van der Waals surface area contributed by atoms with Crippen molar-refractivity contribution < 1.29 is 9.53 Å². The van der Waals surface area contributed by atoms with Crippen LogP contribution in [0.1, 0.15) is 44.1 Å². The topological polar surface area (TPSA) is 67.6 Å². The second-order valence-corrected chi connectivity index (χ2v) is 7.94. The average molecular weight is 360 g/mol. The third-order valence-electron chi connectivity index (χ3n) is 5.92. The van der Waals surface area contributed by atoms with Gasteiger partial charge in [0.15, 0.2) is 0 Å². The molecule has 26 heavy (non-hydrogen) atoms. The van der Waals surface area contributed by atoms with Gasteiger partial charge in [0.25, 0.3) is 0 Å². The Balaban J connectivity index is 1.36. The van der Waals surface area contributed by atoms with E-state index < -0.39 is 0 Å². The molecule has 1 aromatic rings. The summed E-state index contributed by atoms with van der Waals surface area (Å²) < 4.78 is 5.21. The number of nitrogens with two attached hydrogens (primary N) is 1. The lowest BCUT2D eigenvalue weighted by molar-refractivity contribution is -0.126. The summed E-state index contributed by atoms with van der Waals surface area (Å²) in [4.78, 5) is 14.9. The number of benzene rings is 1. The van der Waals surface area contributed by atoms with Crippen molar-refractivity contribution in [2.45, 2.75) is 51.1 Å². The first-order chi connectivity index (χ1) is 12.6. The van der Waals surface area contributed by atoms with Gasteiger partial charge in [-0.2, -0.15) is 0 Å². The van der Waals surface area contributed by atoms with E-state index >= 15 is 0 Å². The highest BCUT2D eigenvalue weighted by Gasteiger charge is 2.26. The van der Waals surface area contributed by atoms with Crippen LogP contribution in [-0.4, -0.2) is 43.6 Å². The Morgan fingerprint density at radius 1 is 1.19 bits per heavy atom. The van der Waals surface area contributed by atoms with Crippen molar-refractivity contribution >= 4 is 5.91 Å². The van der Waals surface area contributed by atoms with Crippen molar-refractivity contribution in [3.05, 3.63) is 29.8 Å². The lowest BCUT2D eigenvalue weighted by atomic mass is 9.85. The highest BCUT2D eigenvalue weighted by atomic mass is 16.5. The van der Waals surface area contributed by atoms with Gasteiger partial charge in [-0.25, -0.2) is 0 Å². The zero-order valence-electron chi connectivity index (χ0n) is 16.0. The third kappa shape index (κ3) is 5.45. The first-order valence-electron chi connectivity index (χ1n) is 10.0. The van der Waals surface area contributed by atoms with Crippen molar-refractivity contribution in [3.8, 4) is 5.75 Å². The Morgan fingerprint density at radius 2 is 1.92 bits per heavy atom. The molecule has 2 fully saturated rings. The SMILES string of the molecule is COc1ccc(CN2CCC(CNC(=O)C3CCCC(N)C3)CC2)cc1. The second-order valence-electron chi connectivity index (χ2n) is 7.94. The van der Waals surface area contributed by atoms with Gasteiger partial charge in [0.1, 0.15) is 5.75 Å². The van der Waals surface area contributed by atoms with Crippen LogP contribution in [0, 0.1) is 11.8 Å². The molecule has 1 saturated carbocycles. The number of nitrogens with one attached hydrogen (secondary N) is 1. The van der Waals surface area contributed by atoms with Gasteiger partial charge in [0.05, 0.1) is 7.11 Å². The van der Waals surface area contributed by atoms with Crippen LogP contribution in [0.4, 0.5) is 0 Å². The van der Waals surface area contributed by atoms with E-state index in [1.54, 1.807) is 7.11 Å². The molecule has 3 N–H and O–H groups in total. The van der Waals surface area contributed by atoms with E-state index in [0.29, 0.717) is 5.92 Å². The molecular weight excluding hydrogens is 326 g/mol. The molecule has 0 radical (unpaired) electrons. The van der Waals surface area contributed by atoms with Crippen LogP contribution in [-0.2, 0) is 11.3 Å². The number of hydrogen-bond acceptors (Lipinski definition) is 4. The van der Waals surface area contributed by atoms with Crippen LogP contribution in [0.5, 0.6) is 5.75 Å². The number of amides is 1. The van der Waals surface area contributed by atoms with Gasteiger partial charge in [0, 0.05) is 25.0 Å². The first-order valence-corrected chi connectivity index (χ1v) is 10.0. The molecule has 1 aromatic carbocycles. The van der Waals surface area contributed by atoms with Crippen molar-refractivity contribution in [2.24, 2.45) is 17.6 Å². The number of nitrogens with zero attached hydrogens (tertiary/aromatic N) is 1. The number of hydrogen-bond donors (Lipinski definition) is 2. The summed E-state index contributed by atoms with van der Waals surface area (Å²) in [5.74, 6) is 1.86. The largest absolute Gasteiger partial charge is 0.497 e. The second kappa shape index (κ2) is 9.38. The van der Waals surface area contributed by atoms with Crippen LogP contribution in [0.15, 0.2) is 24.3 Å². The monoisotopic (exact) mass is 359 g/mol. The van der Waals surface area contributed by atoms with E-state index in [4.69, 9.17) is 10.5 Å².